The van der Waals surface area contributed by atoms with Crippen molar-refractivity contribution in [1.82, 2.24) is 5.43 Å². The van der Waals surface area contributed by atoms with Crippen LogP contribution >= 0.6 is 0 Å². The molecule has 10 nitrogen and oxygen atoms in total. The Bertz CT molecular complexity index is 1330. The van der Waals surface area contributed by atoms with Gasteiger partial charge in [0.05, 0.1) is 45.2 Å². The topological polar surface area (TPSA) is 116 Å². The zero-order chi connectivity index (χ0) is 26.1. The number of ether oxygens (including phenoxy) is 4. The number of hydrazone groups is 1. The second-order valence-corrected chi connectivity index (χ2v) is 9.13. The fourth-order valence-electron chi connectivity index (χ4n) is 3.29. The first-order chi connectivity index (χ1) is 17.3. The van der Waals surface area contributed by atoms with Crippen LogP contribution in [0.5, 0.6) is 23.0 Å². The summed E-state index contributed by atoms with van der Waals surface area (Å²) in [7, 11) is 1.80. The van der Waals surface area contributed by atoms with E-state index in [2.05, 4.69) is 10.5 Å². The first kappa shape index (κ1) is 26.4. The van der Waals surface area contributed by atoms with E-state index in [9.17, 15) is 13.2 Å². The first-order valence-corrected chi connectivity index (χ1v) is 12.1. The molecule has 0 fully saturated rings. The summed E-state index contributed by atoms with van der Waals surface area (Å²) in [6, 6.07) is 17.5. The zero-order valence-corrected chi connectivity index (χ0v) is 21.1. The number of methoxy groups -OCH3 is 4. The molecule has 3 aromatic carbocycles. The molecule has 0 saturated heterocycles. The summed E-state index contributed by atoms with van der Waals surface area (Å²) in [5.41, 5.74) is 3.17. The molecule has 0 unspecified atom stereocenters. The molecule has 0 aliphatic carbocycles. The number of sulfonamides is 1. The molecule has 0 saturated carbocycles. The lowest BCUT2D eigenvalue weighted by Gasteiger charge is -2.25. The van der Waals surface area contributed by atoms with Gasteiger partial charge in [-0.1, -0.05) is 18.2 Å². The highest BCUT2D eigenvalue weighted by atomic mass is 32.2. The molecule has 0 spiro atoms. The summed E-state index contributed by atoms with van der Waals surface area (Å²) >= 11 is 0. The van der Waals surface area contributed by atoms with E-state index in [1.54, 1.807) is 42.5 Å². The average molecular weight is 514 g/mol. The highest BCUT2D eigenvalue weighted by Gasteiger charge is 2.29. The van der Waals surface area contributed by atoms with Crippen LogP contribution in [0.1, 0.15) is 5.56 Å². The van der Waals surface area contributed by atoms with Crippen molar-refractivity contribution >= 4 is 27.8 Å². The number of hydrogen-bond acceptors (Lipinski definition) is 8. The molecule has 190 valence electrons. The van der Waals surface area contributed by atoms with Crippen LogP contribution in [0.4, 0.5) is 5.69 Å². The first-order valence-electron chi connectivity index (χ1n) is 10.7. The quantitative estimate of drug-likeness (QED) is 0.309. The van der Waals surface area contributed by atoms with E-state index in [1.165, 1.54) is 58.9 Å². The maximum absolute atomic E-state index is 13.5. The Morgan fingerprint density at radius 2 is 1.56 bits per heavy atom. The van der Waals surface area contributed by atoms with Gasteiger partial charge in [0.2, 0.25) is 0 Å². The van der Waals surface area contributed by atoms with Gasteiger partial charge in [-0.15, -0.1) is 0 Å². The normalized spacial score (nSPS) is 11.1. The van der Waals surface area contributed by atoms with Crippen molar-refractivity contribution in [3.8, 4) is 23.0 Å². The molecule has 0 bridgehead atoms. The molecule has 3 aromatic rings. The molecule has 0 aliphatic rings. The molecule has 36 heavy (non-hydrogen) atoms. The Hall–Kier alpha value is -4.25. The third kappa shape index (κ3) is 6.05. The van der Waals surface area contributed by atoms with Crippen LogP contribution in [0.25, 0.3) is 0 Å². The van der Waals surface area contributed by atoms with Gasteiger partial charge >= 0.3 is 0 Å². The Morgan fingerprint density at radius 3 is 2.19 bits per heavy atom. The molecule has 11 heteroatoms. The molecular weight excluding hydrogens is 486 g/mol. The SMILES string of the molecule is COc1ccc(N(CC(=O)N/N=C\c2ccc(OC)c(OC)c2)S(=O)(=O)c2ccccc2)c(OC)c1. The molecule has 0 radical (unpaired) electrons. The van der Waals surface area contributed by atoms with Crippen LogP contribution in [-0.4, -0.2) is 55.5 Å². The molecule has 1 amide bonds. The summed E-state index contributed by atoms with van der Waals surface area (Å²) in [6.07, 6.45) is 1.41. The number of carbonyl (C=O) groups excluding carboxylic acids is 1. The van der Waals surface area contributed by atoms with Gasteiger partial charge in [-0.05, 0) is 48.0 Å². The van der Waals surface area contributed by atoms with Crippen LogP contribution in [-0.2, 0) is 14.8 Å². The minimum absolute atomic E-state index is 0.0181. The van der Waals surface area contributed by atoms with E-state index in [1.807, 2.05) is 0 Å². The van der Waals surface area contributed by atoms with E-state index in [4.69, 9.17) is 18.9 Å². The zero-order valence-electron chi connectivity index (χ0n) is 20.3. The second kappa shape index (κ2) is 11.9. The van der Waals surface area contributed by atoms with E-state index in [-0.39, 0.29) is 16.3 Å². The van der Waals surface area contributed by atoms with Crippen molar-refractivity contribution in [1.29, 1.82) is 0 Å². The molecule has 3 rings (SSSR count). The fourth-order valence-corrected chi connectivity index (χ4v) is 4.74. The monoisotopic (exact) mass is 513 g/mol. The lowest BCUT2D eigenvalue weighted by atomic mass is 10.2. The maximum atomic E-state index is 13.5. The summed E-state index contributed by atoms with van der Waals surface area (Å²) in [4.78, 5) is 12.8. The van der Waals surface area contributed by atoms with Gasteiger partial charge in [-0.3, -0.25) is 9.10 Å². The highest BCUT2D eigenvalue weighted by Crippen LogP contribution is 2.35. The van der Waals surface area contributed by atoms with E-state index in [0.29, 0.717) is 22.8 Å². The van der Waals surface area contributed by atoms with Crippen LogP contribution < -0.4 is 28.7 Å². The number of benzene rings is 3. The lowest BCUT2D eigenvalue weighted by Crippen LogP contribution is -2.39. The Kier molecular flexibility index (Phi) is 8.74. The molecule has 0 aliphatic heterocycles. The minimum atomic E-state index is -4.13. The van der Waals surface area contributed by atoms with Crippen LogP contribution in [0.2, 0.25) is 0 Å². The predicted molar refractivity (Wildman–Crippen MR) is 136 cm³/mol. The van der Waals surface area contributed by atoms with Crippen molar-refractivity contribution in [3.05, 3.63) is 72.3 Å². The number of nitrogens with zero attached hydrogens (tertiary/aromatic N) is 2. The summed E-state index contributed by atoms with van der Waals surface area (Å²) < 4.78 is 49.0. The second-order valence-electron chi connectivity index (χ2n) is 7.27. The van der Waals surface area contributed by atoms with Crippen molar-refractivity contribution in [2.75, 3.05) is 39.3 Å². The van der Waals surface area contributed by atoms with Gasteiger partial charge in [0.15, 0.2) is 11.5 Å². The molecule has 1 N–H and O–H groups in total. The predicted octanol–water partition coefficient (Wildman–Crippen LogP) is 3.07. The highest BCUT2D eigenvalue weighted by molar-refractivity contribution is 7.92. The number of anilines is 1. The van der Waals surface area contributed by atoms with Gasteiger partial charge in [0, 0.05) is 6.07 Å². The molecular formula is C25H27N3O7S. The van der Waals surface area contributed by atoms with Gasteiger partial charge in [-0.25, -0.2) is 13.8 Å². The number of amides is 1. The van der Waals surface area contributed by atoms with Crippen LogP contribution in [0, 0.1) is 0 Å². The lowest BCUT2D eigenvalue weighted by molar-refractivity contribution is -0.119. The summed E-state index contributed by atoms with van der Waals surface area (Å²) in [5.74, 6) is 1.07. The third-order valence-electron chi connectivity index (χ3n) is 5.08. The molecule has 0 aromatic heterocycles. The summed E-state index contributed by atoms with van der Waals surface area (Å²) in [6.45, 7) is -0.552. The smallest absolute Gasteiger partial charge is 0.264 e. The van der Waals surface area contributed by atoms with E-state index in [0.717, 1.165) is 4.31 Å². The van der Waals surface area contributed by atoms with Gasteiger partial charge in [-0.2, -0.15) is 5.10 Å². The van der Waals surface area contributed by atoms with Crippen LogP contribution in [0.3, 0.4) is 0 Å². The number of rotatable bonds is 11. The molecule has 0 heterocycles. The Morgan fingerprint density at radius 1 is 0.861 bits per heavy atom. The molecule has 0 atom stereocenters. The number of carbonyl (C=O) groups is 1. The Balaban J connectivity index is 1.88. The van der Waals surface area contributed by atoms with Crippen molar-refractivity contribution in [3.63, 3.8) is 0 Å². The maximum Gasteiger partial charge on any atom is 0.264 e. The standard InChI is InChI=1S/C25H27N3O7S/c1-32-19-11-12-21(23(15-19)34-3)28(36(30,31)20-8-6-5-7-9-20)17-25(29)27-26-16-18-10-13-22(33-2)24(14-18)35-4/h5-16H,17H2,1-4H3,(H,27,29)/b26-16-. The van der Waals surface area contributed by atoms with Gasteiger partial charge in [0.25, 0.3) is 15.9 Å². The van der Waals surface area contributed by atoms with Crippen LogP contribution in [0.15, 0.2) is 76.7 Å². The Labute approximate surface area is 210 Å². The van der Waals surface area contributed by atoms with Crippen molar-refractivity contribution in [2.24, 2.45) is 5.10 Å². The number of nitrogens with one attached hydrogen (secondary N) is 1. The van der Waals surface area contributed by atoms with Crippen molar-refractivity contribution < 1.29 is 32.2 Å². The van der Waals surface area contributed by atoms with E-state index >= 15 is 0 Å². The average Bonchev–Trinajstić information content (AvgIpc) is 2.91. The van der Waals surface area contributed by atoms with Gasteiger partial charge < -0.3 is 18.9 Å². The summed E-state index contributed by atoms with van der Waals surface area (Å²) in [5, 5.41) is 3.95. The van der Waals surface area contributed by atoms with Gasteiger partial charge in [0.1, 0.15) is 18.0 Å². The van der Waals surface area contributed by atoms with E-state index < -0.39 is 22.5 Å². The van der Waals surface area contributed by atoms with Crippen molar-refractivity contribution in [2.45, 2.75) is 4.90 Å². The fraction of sp³-hybridized carbons (Fsp3) is 0.200. The largest absolute Gasteiger partial charge is 0.497 e. The number of hydrogen-bond donors (Lipinski definition) is 1. The minimum Gasteiger partial charge on any atom is -0.497 e. The third-order valence-corrected chi connectivity index (χ3v) is 6.86.